The standard InChI is InChI=1S/C26H27ClN4O2S/c27-18-12-10-17(11-13-18)16-34-26-30-21-9-5-4-8-20(21)24-29-22(25(33)31(24)26)14-15-23(32)28-19-6-2-1-3-7-19/h4-5,8-13,19,22H,1-3,6-7,14-16H2,(H,28,32)/t22-/m0/s1. The third kappa shape index (κ3) is 5.05. The van der Waals surface area contributed by atoms with Gasteiger partial charge >= 0.3 is 0 Å². The number of carbonyl (C=O) groups is 2. The SMILES string of the molecule is O=C(CC[C@@H]1N=C2c3ccccc3N=C(SCc3ccc(Cl)cc3)N2C1=O)NC1CCCCC1. The van der Waals surface area contributed by atoms with Gasteiger partial charge < -0.3 is 5.32 Å². The molecule has 5 rings (SSSR count). The Morgan fingerprint density at radius 3 is 2.65 bits per heavy atom. The number of halogens is 1. The average Bonchev–Trinajstić information content (AvgIpc) is 3.19. The number of benzene rings is 2. The summed E-state index contributed by atoms with van der Waals surface area (Å²) in [6.07, 6.45) is 6.38. The normalized spacial score (nSPS) is 19.9. The van der Waals surface area contributed by atoms with Crippen LogP contribution in [0, 0.1) is 0 Å². The summed E-state index contributed by atoms with van der Waals surface area (Å²) in [4.78, 5) is 37.1. The Labute approximate surface area is 208 Å². The fourth-order valence-corrected chi connectivity index (χ4v) is 5.71. The highest BCUT2D eigenvalue weighted by Crippen LogP contribution is 2.35. The number of hydrogen-bond acceptors (Lipinski definition) is 5. The number of nitrogens with zero attached hydrogens (tertiary/aromatic N) is 3. The van der Waals surface area contributed by atoms with Crippen LogP contribution >= 0.6 is 23.4 Å². The van der Waals surface area contributed by atoms with E-state index in [-0.39, 0.29) is 17.9 Å². The molecule has 0 unspecified atom stereocenters. The Bertz CT molecular complexity index is 1140. The molecule has 1 atom stereocenters. The van der Waals surface area contributed by atoms with Gasteiger partial charge in [0, 0.05) is 28.8 Å². The van der Waals surface area contributed by atoms with Crippen molar-refractivity contribution in [3.8, 4) is 0 Å². The lowest BCUT2D eigenvalue weighted by molar-refractivity contribution is -0.125. The van der Waals surface area contributed by atoms with Crippen LogP contribution in [0.2, 0.25) is 5.02 Å². The number of rotatable bonds is 6. The summed E-state index contributed by atoms with van der Waals surface area (Å²) in [5, 5.41) is 4.45. The number of thioether (sulfide) groups is 1. The van der Waals surface area contributed by atoms with Crippen LogP contribution < -0.4 is 5.32 Å². The van der Waals surface area contributed by atoms with Crippen molar-refractivity contribution in [3.05, 3.63) is 64.7 Å². The highest BCUT2D eigenvalue weighted by Gasteiger charge is 2.41. The van der Waals surface area contributed by atoms with Gasteiger partial charge in [-0.15, -0.1) is 0 Å². The average molecular weight is 495 g/mol. The summed E-state index contributed by atoms with van der Waals surface area (Å²) in [5.41, 5.74) is 2.75. The molecule has 34 heavy (non-hydrogen) atoms. The molecule has 2 heterocycles. The van der Waals surface area contributed by atoms with Gasteiger partial charge in [0.15, 0.2) is 5.17 Å². The maximum Gasteiger partial charge on any atom is 0.259 e. The molecule has 0 aromatic heterocycles. The Morgan fingerprint density at radius 1 is 1.09 bits per heavy atom. The van der Waals surface area contributed by atoms with Crippen LogP contribution in [0.25, 0.3) is 0 Å². The van der Waals surface area contributed by atoms with Crippen molar-refractivity contribution in [2.45, 2.75) is 62.8 Å². The second-order valence-corrected chi connectivity index (χ2v) is 10.3. The predicted molar refractivity (Wildman–Crippen MR) is 138 cm³/mol. The summed E-state index contributed by atoms with van der Waals surface area (Å²) >= 11 is 7.51. The quantitative estimate of drug-likeness (QED) is 0.579. The van der Waals surface area contributed by atoms with Gasteiger partial charge in [0.05, 0.1) is 5.69 Å². The van der Waals surface area contributed by atoms with E-state index in [2.05, 4.69) is 5.32 Å². The van der Waals surface area contributed by atoms with Crippen molar-refractivity contribution < 1.29 is 9.59 Å². The van der Waals surface area contributed by atoms with Gasteiger partial charge in [0.1, 0.15) is 11.9 Å². The Kier molecular flexibility index (Phi) is 7.02. The van der Waals surface area contributed by atoms with Crippen LogP contribution in [0.4, 0.5) is 5.69 Å². The molecule has 1 saturated carbocycles. The molecule has 2 aromatic rings. The van der Waals surface area contributed by atoms with Crippen LogP contribution in [0.3, 0.4) is 0 Å². The largest absolute Gasteiger partial charge is 0.353 e. The van der Waals surface area contributed by atoms with E-state index >= 15 is 0 Å². The van der Waals surface area contributed by atoms with E-state index in [1.165, 1.54) is 31.0 Å². The number of para-hydroxylation sites is 1. The van der Waals surface area contributed by atoms with Gasteiger partial charge in [-0.05, 0) is 49.1 Å². The van der Waals surface area contributed by atoms with Crippen molar-refractivity contribution in [3.63, 3.8) is 0 Å². The summed E-state index contributed by atoms with van der Waals surface area (Å²) < 4.78 is 0. The number of fused-ring (bicyclic) bond motifs is 3. The van der Waals surface area contributed by atoms with Gasteiger partial charge in [-0.3, -0.25) is 14.6 Å². The minimum atomic E-state index is -0.570. The van der Waals surface area contributed by atoms with Crippen molar-refractivity contribution in [1.29, 1.82) is 0 Å². The van der Waals surface area contributed by atoms with Gasteiger partial charge in [-0.2, -0.15) is 0 Å². The molecule has 0 bridgehead atoms. The molecule has 0 spiro atoms. The molecule has 2 amide bonds. The van der Waals surface area contributed by atoms with Crippen LogP contribution in [-0.4, -0.2) is 39.8 Å². The minimum absolute atomic E-state index is 0.0103. The van der Waals surface area contributed by atoms with Gasteiger partial charge in [-0.1, -0.05) is 66.9 Å². The molecule has 3 aliphatic rings. The van der Waals surface area contributed by atoms with Gasteiger partial charge in [-0.25, -0.2) is 9.89 Å². The number of amidine groups is 2. The summed E-state index contributed by atoms with van der Waals surface area (Å²) in [7, 11) is 0. The van der Waals surface area contributed by atoms with Crippen LogP contribution in [0.5, 0.6) is 0 Å². The molecule has 176 valence electrons. The maximum atomic E-state index is 13.4. The number of amides is 2. The highest BCUT2D eigenvalue weighted by molar-refractivity contribution is 8.13. The van der Waals surface area contributed by atoms with E-state index in [4.69, 9.17) is 21.6 Å². The zero-order chi connectivity index (χ0) is 23.5. The monoisotopic (exact) mass is 494 g/mol. The fourth-order valence-electron chi connectivity index (χ4n) is 4.63. The van der Waals surface area contributed by atoms with Crippen LogP contribution in [-0.2, 0) is 15.3 Å². The molecule has 8 heteroatoms. The molecule has 1 fully saturated rings. The van der Waals surface area contributed by atoms with Crippen molar-refractivity contribution in [2.75, 3.05) is 0 Å². The first-order valence-electron chi connectivity index (χ1n) is 11.8. The maximum absolute atomic E-state index is 13.4. The molecular weight excluding hydrogens is 468 g/mol. The first kappa shape index (κ1) is 23.1. The fraction of sp³-hybridized carbons (Fsp3) is 0.385. The Balaban J connectivity index is 1.29. The van der Waals surface area contributed by atoms with E-state index in [0.29, 0.717) is 34.6 Å². The number of aliphatic imine (C=N–C) groups is 2. The summed E-state index contributed by atoms with van der Waals surface area (Å²) in [6.45, 7) is 0. The number of hydrogen-bond donors (Lipinski definition) is 1. The van der Waals surface area contributed by atoms with E-state index in [1.807, 2.05) is 48.5 Å². The number of nitrogens with one attached hydrogen (secondary N) is 1. The van der Waals surface area contributed by atoms with Crippen molar-refractivity contribution >= 4 is 51.9 Å². The van der Waals surface area contributed by atoms with Crippen molar-refractivity contribution in [1.82, 2.24) is 10.2 Å². The van der Waals surface area contributed by atoms with Gasteiger partial charge in [0.25, 0.3) is 5.91 Å². The molecule has 6 nitrogen and oxygen atoms in total. The highest BCUT2D eigenvalue weighted by atomic mass is 35.5. The topological polar surface area (TPSA) is 74.1 Å². The third-order valence-electron chi connectivity index (χ3n) is 6.44. The van der Waals surface area contributed by atoms with Gasteiger partial charge in [0.2, 0.25) is 5.91 Å². The number of carbonyl (C=O) groups excluding carboxylic acids is 2. The molecule has 1 aliphatic carbocycles. The molecular formula is C26H27ClN4O2S. The first-order chi connectivity index (χ1) is 16.6. The first-order valence-corrected chi connectivity index (χ1v) is 13.2. The molecule has 2 aromatic carbocycles. The lowest BCUT2D eigenvalue weighted by Crippen LogP contribution is -2.41. The second-order valence-electron chi connectivity index (χ2n) is 8.91. The molecule has 0 radical (unpaired) electrons. The lowest BCUT2D eigenvalue weighted by Gasteiger charge is -2.25. The van der Waals surface area contributed by atoms with E-state index < -0.39 is 6.04 Å². The van der Waals surface area contributed by atoms with Crippen LogP contribution in [0.15, 0.2) is 58.5 Å². The van der Waals surface area contributed by atoms with Crippen LogP contribution in [0.1, 0.15) is 56.1 Å². The van der Waals surface area contributed by atoms with E-state index in [1.54, 1.807) is 4.90 Å². The van der Waals surface area contributed by atoms with Crippen molar-refractivity contribution in [2.24, 2.45) is 9.98 Å². The third-order valence-corrected chi connectivity index (χ3v) is 7.71. The molecule has 1 N–H and O–H groups in total. The molecule has 2 aliphatic heterocycles. The smallest absolute Gasteiger partial charge is 0.259 e. The summed E-state index contributed by atoms with van der Waals surface area (Å²) in [6, 6.07) is 15.1. The lowest BCUT2D eigenvalue weighted by atomic mass is 9.95. The zero-order valence-corrected chi connectivity index (χ0v) is 20.4. The predicted octanol–water partition coefficient (Wildman–Crippen LogP) is 5.46. The zero-order valence-electron chi connectivity index (χ0n) is 18.9. The minimum Gasteiger partial charge on any atom is -0.353 e. The second kappa shape index (κ2) is 10.3. The van der Waals surface area contributed by atoms with E-state index in [0.717, 1.165) is 29.7 Å². The Hall–Kier alpha value is -2.64. The molecule has 0 saturated heterocycles. The Morgan fingerprint density at radius 2 is 1.85 bits per heavy atom. The summed E-state index contributed by atoms with van der Waals surface area (Å²) in [5.74, 6) is 1.18. The van der Waals surface area contributed by atoms with E-state index in [9.17, 15) is 9.59 Å².